The first-order valence-electron chi connectivity index (χ1n) is 10.5. The summed E-state index contributed by atoms with van der Waals surface area (Å²) in [5, 5.41) is 12.8. The molecule has 0 fully saturated rings. The van der Waals surface area contributed by atoms with E-state index in [0.717, 1.165) is 61.9 Å². The Bertz CT molecular complexity index is 1140. The Balaban J connectivity index is 0.000000390. The molecule has 4 nitrogen and oxygen atoms in total. The van der Waals surface area contributed by atoms with Crippen LogP contribution < -0.4 is 4.74 Å². The molecular weight excluding hydrogens is 398 g/mol. The molecule has 0 saturated carbocycles. The van der Waals surface area contributed by atoms with Crippen LogP contribution in [0.25, 0.3) is 16.7 Å². The van der Waals surface area contributed by atoms with Crippen LogP contribution in [-0.2, 0) is 0 Å². The second-order valence-electron chi connectivity index (χ2n) is 8.13. The predicted molar refractivity (Wildman–Crippen MR) is 133 cm³/mol. The Hall–Kier alpha value is -3.53. The first-order chi connectivity index (χ1) is 15.0. The van der Waals surface area contributed by atoms with Crippen LogP contribution in [0.5, 0.6) is 11.5 Å². The van der Waals surface area contributed by atoms with Gasteiger partial charge in [0.05, 0.1) is 11.3 Å². The molecule has 1 aromatic heterocycles. The zero-order chi connectivity index (χ0) is 24.0. The van der Waals surface area contributed by atoms with Crippen LogP contribution >= 0.6 is 0 Å². The van der Waals surface area contributed by atoms with Gasteiger partial charge in [-0.25, -0.2) is 0 Å². The lowest BCUT2D eigenvalue weighted by Gasteiger charge is -2.14. The molecule has 4 heteroatoms. The minimum Gasteiger partial charge on any atom is -0.508 e. The molecule has 0 atom stereocenters. The maximum atomic E-state index is 8.74. The highest BCUT2D eigenvalue weighted by Gasteiger charge is 2.18. The highest BCUT2D eigenvalue weighted by atomic mass is 16.5. The molecule has 0 radical (unpaired) electrons. The van der Waals surface area contributed by atoms with Crippen molar-refractivity contribution < 1.29 is 14.4 Å². The van der Waals surface area contributed by atoms with Gasteiger partial charge in [-0.05, 0) is 83.4 Å². The SMILES string of the molecule is C=C(C)c1ccc(Oc2ccccc2C)c(-c2c(C)noc2C)c1.C=C(O)C(C)=C(C)C. The number of allylic oxidation sites excluding steroid dienone is 3. The number of benzene rings is 2. The fourth-order valence-corrected chi connectivity index (χ4v) is 3.03. The summed E-state index contributed by atoms with van der Waals surface area (Å²) in [6.07, 6.45) is 0. The quantitative estimate of drug-likeness (QED) is 0.325. The summed E-state index contributed by atoms with van der Waals surface area (Å²) >= 11 is 0. The van der Waals surface area contributed by atoms with Crippen LogP contribution in [0.15, 0.2) is 77.1 Å². The summed E-state index contributed by atoms with van der Waals surface area (Å²) in [5.41, 5.74) is 7.94. The van der Waals surface area contributed by atoms with Crippen LogP contribution in [0, 0.1) is 20.8 Å². The largest absolute Gasteiger partial charge is 0.508 e. The number of aliphatic hydroxyl groups excluding tert-OH is 1. The summed E-state index contributed by atoms with van der Waals surface area (Å²) in [6, 6.07) is 14.1. The molecule has 32 heavy (non-hydrogen) atoms. The Morgan fingerprint density at radius 1 is 0.938 bits per heavy atom. The number of hydrogen-bond acceptors (Lipinski definition) is 4. The second-order valence-corrected chi connectivity index (χ2v) is 8.13. The summed E-state index contributed by atoms with van der Waals surface area (Å²) in [6.45, 7) is 21.0. The van der Waals surface area contributed by atoms with Crippen molar-refractivity contribution in [2.45, 2.75) is 48.5 Å². The van der Waals surface area contributed by atoms with E-state index in [2.05, 4.69) is 24.4 Å². The fraction of sp³-hybridized carbons (Fsp3) is 0.250. The van der Waals surface area contributed by atoms with Crippen LogP contribution in [0.3, 0.4) is 0 Å². The summed E-state index contributed by atoms with van der Waals surface area (Å²) in [5.74, 6) is 2.57. The zero-order valence-corrected chi connectivity index (χ0v) is 20.2. The number of rotatable bonds is 5. The molecule has 1 heterocycles. The third kappa shape index (κ3) is 6.01. The van der Waals surface area contributed by atoms with Gasteiger partial charge in [0.15, 0.2) is 0 Å². The number of para-hydroxylation sites is 1. The van der Waals surface area contributed by atoms with Gasteiger partial charge in [-0.2, -0.15) is 0 Å². The molecule has 2 aromatic carbocycles. The Morgan fingerprint density at radius 3 is 2.06 bits per heavy atom. The Morgan fingerprint density at radius 2 is 1.59 bits per heavy atom. The third-order valence-electron chi connectivity index (χ3n) is 5.27. The van der Waals surface area contributed by atoms with Crippen LogP contribution in [-0.4, -0.2) is 10.3 Å². The number of hydrogen-bond donors (Lipinski definition) is 1. The van der Waals surface area contributed by atoms with Crippen LogP contribution in [0.2, 0.25) is 0 Å². The summed E-state index contributed by atoms with van der Waals surface area (Å²) in [4.78, 5) is 0. The number of aromatic nitrogens is 1. The van der Waals surface area contributed by atoms with Gasteiger partial charge in [-0.3, -0.25) is 0 Å². The van der Waals surface area contributed by atoms with Crippen molar-refractivity contribution >= 4 is 5.57 Å². The molecule has 0 saturated heterocycles. The van der Waals surface area contributed by atoms with Crippen molar-refractivity contribution in [1.82, 2.24) is 5.16 Å². The van der Waals surface area contributed by atoms with Gasteiger partial charge in [0.2, 0.25) is 0 Å². The first-order valence-corrected chi connectivity index (χ1v) is 10.5. The molecule has 0 aliphatic carbocycles. The van der Waals surface area contributed by atoms with E-state index in [9.17, 15) is 0 Å². The van der Waals surface area contributed by atoms with Gasteiger partial charge >= 0.3 is 0 Å². The van der Waals surface area contributed by atoms with Crippen molar-refractivity contribution in [2.24, 2.45) is 0 Å². The molecule has 0 bridgehead atoms. The molecule has 0 spiro atoms. The summed E-state index contributed by atoms with van der Waals surface area (Å²) < 4.78 is 11.6. The van der Waals surface area contributed by atoms with E-state index in [0.29, 0.717) is 0 Å². The average Bonchev–Trinajstić information content (AvgIpc) is 3.07. The predicted octanol–water partition coefficient (Wildman–Crippen LogP) is 8.51. The highest BCUT2D eigenvalue weighted by Crippen LogP contribution is 2.39. The highest BCUT2D eigenvalue weighted by molar-refractivity contribution is 5.78. The van der Waals surface area contributed by atoms with E-state index in [1.165, 1.54) is 0 Å². The molecule has 168 valence electrons. The van der Waals surface area contributed by atoms with E-state index in [1.54, 1.807) is 0 Å². The molecular formula is C28H33NO3. The van der Waals surface area contributed by atoms with Crippen molar-refractivity contribution in [1.29, 1.82) is 0 Å². The number of ether oxygens (including phenoxy) is 1. The minimum absolute atomic E-state index is 0.171. The number of aliphatic hydroxyl groups is 1. The number of aryl methyl sites for hydroxylation is 3. The number of nitrogens with zero attached hydrogens (tertiary/aromatic N) is 1. The van der Waals surface area contributed by atoms with E-state index in [1.807, 2.05) is 84.9 Å². The lowest BCUT2D eigenvalue weighted by atomic mass is 9.98. The van der Waals surface area contributed by atoms with E-state index >= 15 is 0 Å². The Labute approximate surface area is 191 Å². The van der Waals surface area contributed by atoms with Crippen LogP contribution in [0.4, 0.5) is 0 Å². The van der Waals surface area contributed by atoms with E-state index < -0.39 is 0 Å². The molecule has 0 unspecified atom stereocenters. The maximum Gasteiger partial charge on any atom is 0.141 e. The second kappa shape index (κ2) is 10.7. The lowest BCUT2D eigenvalue weighted by Crippen LogP contribution is -1.93. The van der Waals surface area contributed by atoms with E-state index in [4.69, 9.17) is 14.4 Å². The smallest absolute Gasteiger partial charge is 0.141 e. The zero-order valence-electron chi connectivity index (χ0n) is 20.2. The minimum atomic E-state index is 0.171. The van der Waals surface area contributed by atoms with Gasteiger partial charge in [0, 0.05) is 5.56 Å². The molecule has 3 aromatic rings. The fourth-order valence-electron chi connectivity index (χ4n) is 3.03. The van der Waals surface area contributed by atoms with Crippen molar-refractivity contribution in [3.63, 3.8) is 0 Å². The molecule has 0 aliphatic rings. The van der Waals surface area contributed by atoms with Crippen molar-refractivity contribution in [3.8, 4) is 22.6 Å². The molecule has 3 rings (SSSR count). The van der Waals surface area contributed by atoms with Gasteiger partial charge in [-0.15, -0.1) is 0 Å². The average molecular weight is 432 g/mol. The normalized spacial score (nSPS) is 10.1. The summed E-state index contributed by atoms with van der Waals surface area (Å²) in [7, 11) is 0. The standard InChI is InChI=1S/C21H21NO2.C7H12O/c1-13(2)17-10-11-20(23-19-9-7-6-8-14(19)3)18(12-17)21-15(4)22-24-16(21)5;1-5(2)6(3)7(4)8/h6-12H,1H2,2-5H3;8H,4H2,1-3H3. The molecule has 0 aliphatic heterocycles. The van der Waals surface area contributed by atoms with Gasteiger partial charge in [0.25, 0.3) is 0 Å². The van der Waals surface area contributed by atoms with Gasteiger partial charge in [-0.1, -0.05) is 53.7 Å². The molecule has 1 N–H and O–H groups in total. The van der Waals surface area contributed by atoms with Crippen LogP contribution in [0.1, 0.15) is 50.3 Å². The third-order valence-corrected chi connectivity index (χ3v) is 5.27. The Kier molecular flexibility index (Phi) is 8.25. The van der Waals surface area contributed by atoms with Gasteiger partial charge < -0.3 is 14.4 Å². The van der Waals surface area contributed by atoms with E-state index in [-0.39, 0.29) is 5.76 Å². The topological polar surface area (TPSA) is 55.5 Å². The maximum absolute atomic E-state index is 8.74. The first kappa shape index (κ1) is 24.7. The monoisotopic (exact) mass is 431 g/mol. The van der Waals surface area contributed by atoms with Crippen molar-refractivity contribution in [2.75, 3.05) is 0 Å². The molecule has 0 amide bonds. The lowest BCUT2D eigenvalue weighted by molar-refractivity contribution is 0.393. The van der Waals surface area contributed by atoms with Crippen molar-refractivity contribution in [3.05, 3.63) is 95.1 Å². The van der Waals surface area contributed by atoms with Gasteiger partial charge in [0.1, 0.15) is 23.0 Å².